The Balaban J connectivity index is 1.62. The summed E-state index contributed by atoms with van der Waals surface area (Å²) in [6.07, 6.45) is 7.91. The topological polar surface area (TPSA) is 66.8 Å². The SMILES string of the molecule is CCCCCCCCCCCCOc1ccc(CN(Cc2ccc(C(F)(F)F)cc2)C(=O)C(=O)O)c2ccccc12. The zero-order valence-electron chi connectivity index (χ0n) is 23.7. The zero-order valence-corrected chi connectivity index (χ0v) is 23.7. The predicted molar refractivity (Wildman–Crippen MR) is 155 cm³/mol. The zero-order chi connectivity index (χ0) is 29.7. The van der Waals surface area contributed by atoms with E-state index in [4.69, 9.17) is 4.74 Å². The number of ether oxygens (including phenoxy) is 1. The van der Waals surface area contributed by atoms with E-state index in [9.17, 15) is 27.9 Å². The summed E-state index contributed by atoms with van der Waals surface area (Å²) in [6, 6.07) is 15.6. The average molecular weight is 572 g/mol. The second-order valence-electron chi connectivity index (χ2n) is 10.5. The van der Waals surface area contributed by atoms with Crippen LogP contribution >= 0.6 is 0 Å². The maximum Gasteiger partial charge on any atom is 0.416 e. The van der Waals surface area contributed by atoms with Crippen molar-refractivity contribution in [1.29, 1.82) is 0 Å². The summed E-state index contributed by atoms with van der Waals surface area (Å²) in [5, 5.41) is 11.1. The molecule has 0 heterocycles. The van der Waals surface area contributed by atoms with Crippen molar-refractivity contribution in [3.63, 3.8) is 0 Å². The normalized spacial score (nSPS) is 11.5. The van der Waals surface area contributed by atoms with Gasteiger partial charge in [0.25, 0.3) is 0 Å². The molecule has 1 N–H and O–H groups in total. The van der Waals surface area contributed by atoms with E-state index in [2.05, 4.69) is 6.92 Å². The van der Waals surface area contributed by atoms with Gasteiger partial charge in [-0.05, 0) is 41.1 Å². The van der Waals surface area contributed by atoms with Crippen LogP contribution in [0.4, 0.5) is 13.2 Å². The molecule has 41 heavy (non-hydrogen) atoms. The van der Waals surface area contributed by atoms with Crippen LogP contribution in [0.5, 0.6) is 5.75 Å². The van der Waals surface area contributed by atoms with Crippen molar-refractivity contribution in [3.8, 4) is 5.75 Å². The number of amides is 1. The highest BCUT2D eigenvalue weighted by molar-refractivity contribution is 6.31. The molecule has 0 radical (unpaired) electrons. The number of fused-ring (bicyclic) bond motifs is 1. The number of halogens is 3. The summed E-state index contributed by atoms with van der Waals surface area (Å²) in [4.78, 5) is 25.2. The Labute approximate surface area is 240 Å². The van der Waals surface area contributed by atoms with E-state index in [-0.39, 0.29) is 13.1 Å². The van der Waals surface area contributed by atoms with Gasteiger partial charge in [-0.25, -0.2) is 4.79 Å². The molecule has 0 fully saturated rings. The second kappa shape index (κ2) is 16.0. The Kier molecular flexibility index (Phi) is 12.5. The molecular weight excluding hydrogens is 531 g/mol. The van der Waals surface area contributed by atoms with Gasteiger partial charge in [-0.15, -0.1) is 0 Å². The van der Waals surface area contributed by atoms with Gasteiger partial charge in [0.05, 0.1) is 12.2 Å². The molecule has 8 heteroatoms. The average Bonchev–Trinajstić information content (AvgIpc) is 2.95. The first-order chi connectivity index (χ1) is 19.7. The van der Waals surface area contributed by atoms with E-state index in [1.807, 2.05) is 36.4 Å². The highest BCUT2D eigenvalue weighted by Crippen LogP contribution is 2.31. The van der Waals surface area contributed by atoms with Gasteiger partial charge in [0.1, 0.15) is 5.75 Å². The van der Waals surface area contributed by atoms with Crippen molar-refractivity contribution < 1.29 is 32.6 Å². The molecule has 0 bridgehead atoms. The lowest BCUT2D eigenvalue weighted by molar-refractivity contribution is -0.156. The molecule has 5 nitrogen and oxygen atoms in total. The lowest BCUT2D eigenvalue weighted by Gasteiger charge is -2.23. The summed E-state index contributed by atoms with van der Waals surface area (Å²) in [5.41, 5.74) is 0.304. The van der Waals surface area contributed by atoms with Crippen LogP contribution in [0, 0.1) is 0 Å². The molecule has 0 atom stereocenters. The molecule has 0 aliphatic rings. The third-order valence-corrected chi connectivity index (χ3v) is 7.22. The minimum absolute atomic E-state index is 0.0224. The van der Waals surface area contributed by atoms with Crippen LogP contribution in [0.2, 0.25) is 0 Å². The molecule has 0 saturated carbocycles. The number of carboxylic acids is 1. The number of hydrogen-bond donors (Lipinski definition) is 1. The van der Waals surface area contributed by atoms with Crippen LogP contribution in [0.1, 0.15) is 87.8 Å². The summed E-state index contributed by atoms with van der Waals surface area (Å²) in [7, 11) is 0. The van der Waals surface area contributed by atoms with Crippen molar-refractivity contribution in [2.75, 3.05) is 6.61 Å². The van der Waals surface area contributed by atoms with E-state index < -0.39 is 23.6 Å². The summed E-state index contributed by atoms with van der Waals surface area (Å²) in [5.74, 6) is -2.04. The van der Waals surface area contributed by atoms with E-state index in [1.54, 1.807) is 0 Å². The largest absolute Gasteiger partial charge is 0.493 e. The number of aliphatic carboxylic acids is 1. The van der Waals surface area contributed by atoms with Gasteiger partial charge in [-0.2, -0.15) is 13.2 Å². The molecular formula is C33H40F3NO4. The number of benzene rings is 3. The number of unbranched alkanes of at least 4 members (excludes halogenated alkanes) is 9. The Morgan fingerprint density at radius 3 is 1.93 bits per heavy atom. The predicted octanol–water partition coefficient (Wildman–Crippen LogP) is 8.77. The van der Waals surface area contributed by atoms with Gasteiger partial charge in [-0.1, -0.05) is 107 Å². The molecule has 0 saturated heterocycles. The standard InChI is InChI=1S/C33H40F3NO4/c1-2-3-4-5-6-7-8-9-10-13-22-41-30-21-18-26(28-14-11-12-15-29(28)30)24-37(31(38)32(39)40)23-25-16-19-27(20-17-25)33(34,35)36/h11-12,14-21H,2-10,13,22-24H2,1H3,(H,39,40). The molecule has 3 rings (SSSR count). The summed E-state index contributed by atoms with van der Waals surface area (Å²) < 4.78 is 44.9. The first kappa shape index (κ1) is 32.0. The van der Waals surface area contributed by atoms with E-state index in [0.29, 0.717) is 17.7 Å². The number of alkyl halides is 3. The van der Waals surface area contributed by atoms with Gasteiger partial charge in [0.2, 0.25) is 0 Å². The quantitative estimate of drug-likeness (QED) is 0.138. The van der Waals surface area contributed by atoms with Crippen LogP contribution in [-0.2, 0) is 28.9 Å². The van der Waals surface area contributed by atoms with Gasteiger partial charge >= 0.3 is 18.1 Å². The summed E-state index contributed by atoms with van der Waals surface area (Å²) in [6.45, 7) is 2.66. The Morgan fingerprint density at radius 1 is 0.756 bits per heavy atom. The fraction of sp³-hybridized carbons (Fsp3) is 0.455. The number of hydrogen-bond acceptors (Lipinski definition) is 3. The number of carbonyl (C=O) groups is 2. The highest BCUT2D eigenvalue weighted by Gasteiger charge is 2.30. The van der Waals surface area contributed by atoms with E-state index >= 15 is 0 Å². The van der Waals surface area contributed by atoms with Crippen LogP contribution in [-0.4, -0.2) is 28.5 Å². The van der Waals surface area contributed by atoms with Gasteiger partial charge in [0.15, 0.2) is 0 Å². The molecule has 0 aromatic heterocycles. The molecule has 1 amide bonds. The lowest BCUT2D eigenvalue weighted by atomic mass is 10.0. The molecule has 3 aromatic rings. The van der Waals surface area contributed by atoms with Crippen LogP contribution < -0.4 is 4.74 Å². The monoisotopic (exact) mass is 571 g/mol. The Bertz CT molecular complexity index is 1260. The van der Waals surface area contributed by atoms with Crippen molar-refractivity contribution >= 4 is 22.6 Å². The smallest absolute Gasteiger partial charge is 0.416 e. The van der Waals surface area contributed by atoms with Crippen molar-refractivity contribution in [2.45, 2.75) is 90.4 Å². The minimum atomic E-state index is -4.48. The number of carbonyl (C=O) groups excluding carboxylic acids is 1. The number of rotatable bonds is 16. The first-order valence-electron chi connectivity index (χ1n) is 14.5. The maximum absolute atomic E-state index is 12.9. The fourth-order valence-electron chi connectivity index (χ4n) is 4.93. The van der Waals surface area contributed by atoms with E-state index in [1.165, 1.54) is 63.5 Å². The van der Waals surface area contributed by atoms with Crippen LogP contribution in [0.15, 0.2) is 60.7 Å². The molecule has 0 aliphatic heterocycles. The molecule has 3 aromatic carbocycles. The third kappa shape index (κ3) is 10.1. The second-order valence-corrected chi connectivity index (χ2v) is 10.5. The molecule has 0 aliphatic carbocycles. The summed E-state index contributed by atoms with van der Waals surface area (Å²) >= 11 is 0. The number of nitrogens with zero attached hydrogens (tertiary/aromatic N) is 1. The highest BCUT2D eigenvalue weighted by atomic mass is 19.4. The van der Waals surface area contributed by atoms with Crippen molar-refractivity contribution in [2.24, 2.45) is 0 Å². The van der Waals surface area contributed by atoms with Gasteiger partial charge in [0, 0.05) is 18.5 Å². The number of carboxylic acid groups (broad SMARTS) is 1. The lowest BCUT2D eigenvalue weighted by Crippen LogP contribution is -2.35. The molecule has 0 unspecified atom stereocenters. The van der Waals surface area contributed by atoms with Gasteiger partial charge in [-0.3, -0.25) is 4.79 Å². The van der Waals surface area contributed by atoms with Crippen molar-refractivity contribution in [3.05, 3.63) is 77.4 Å². The Morgan fingerprint density at radius 2 is 1.34 bits per heavy atom. The van der Waals surface area contributed by atoms with Crippen LogP contribution in [0.3, 0.4) is 0 Å². The first-order valence-corrected chi connectivity index (χ1v) is 14.5. The van der Waals surface area contributed by atoms with E-state index in [0.717, 1.165) is 46.4 Å². The van der Waals surface area contributed by atoms with Gasteiger partial charge < -0.3 is 14.7 Å². The third-order valence-electron chi connectivity index (χ3n) is 7.22. The Hall–Kier alpha value is -3.55. The van der Waals surface area contributed by atoms with Crippen LogP contribution in [0.25, 0.3) is 10.8 Å². The van der Waals surface area contributed by atoms with Crippen molar-refractivity contribution in [1.82, 2.24) is 4.90 Å². The molecule has 0 spiro atoms. The minimum Gasteiger partial charge on any atom is -0.493 e. The maximum atomic E-state index is 12.9. The fourth-order valence-corrected chi connectivity index (χ4v) is 4.93. The molecule has 222 valence electrons.